The summed E-state index contributed by atoms with van der Waals surface area (Å²) in [6, 6.07) is 7.92. The Balaban J connectivity index is 2.09. The molecular formula is C15H21N3OSi. The normalized spacial score (nSPS) is 11.4. The molecule has 0 radical (unpaired) electrons. The van der Waals surface area contributed by atoms with Crippen molar-refractivity contribution in [2.75, 3.05) is 0 Å². The number of hydrogen-bond acceptors (Lipinski definition) is 3. The van der Waals surface area contributed by atoms with Crippen molar-refractivity contribution in [3.05, 3.63) is 42.0 Å². The number of aliphatic imine (C=N–C) groups is 1. The highest BCUT2D eigenvalue weighted by atomic mass is 28.3. The van der Waals surface area contributed by atoms with Gasteiger partial charge >= 0.3 is 0 Å². The Bertz CT molecular complexity index is 605. The molecule has 106 valence electrons. The van der Waals surface area contributed by atoms with Gasteiger partial charge in [-0.05, 0) is 39.1 Å². The van der Waals surface area contributed by atoms with Crippen molar-refractivity contribution in [3.63, 3.8) is 0 Å². The lowest BCUT2D eigenvalue weighted by Gasteiger charge is -2.11. The fourth-order valence-electron chi connectivity index (χ4n) is 2.00. The van der Waals surface area contributed by atoms with Crippen LogP contribution in [0.1, 0.15) is 11.5 Å². The molecule has 0 aliphatic rings. The summed E-state index contributed by atoms with van der Waals surface area (Å²) in [6.07, 6.45) is 3.93. The Morgan fingerprint density at radius 3 is 2.70 bits per heavy atom. The number of aryl methyl sites for hydroxylation is 2. The highest BCUT2D eigenvalue weighted by Crippen LogP contribution is 2.26. The van der Waals surface area contributed by atoms with Crippen molar-refractivity contribution < 1.29 is 4.43 Å². The van der Waals surface area contributed by atoms with Crippen LogP contribution in [0, 0.1) is 13.8 Å². The lowest BCUT2D eigenvalue weighted by atomic mass is 10.3. The van der Waals surface area contributed by atoms with E-state index in [4.69, 9.17) is 4.43 Å². The fourth-order valence-corrected chi connectivity index (χ4v) is 2.70. The third kappa shape index (κ3) is 3.80. The Hall–Kier alpha value is -1.88. The van der Waals surface area contributed by atoms with Crippen molar-refractivity contribution in [2.45, 2.75) is 33.5 Å². The molecule has 0 unspecified atom stereocenters. The van der Waals surface area contributed by atoms with Gasteiger partial charge in [-0.1, -0.05) is 12.1 Å². The average molecular weight is 287 g/mol. The van der Waals surface area contributed by atoms with Crippen LogP contribution in [-0.4, -0.2) is 24.8 Å². The number of benzene rings is 1. The smallest absolute Gasteiger partial charge is 0.229 e. The molecule has 2 rings (SSSR count). The Labute approximate surface area is 121 Å². The zero-order chi connectivity index (χ0) is 14.5. The molecule has 4 nitrogen and oxygen atoms in total. The molecule has 0 bridgehead atoms. The van der Waals surface area contributed by atoms with Crippen LogP contribution in [-0.2, 0) is 6.54 Å². The summed E-state index contributed by atoms with van der Waals surface area (Å²) in [5, 5.41) is 0. The number of hydrogen-bond donors (Lipinski definition) is 0. The van der Waals surface area contributed by atoms with E-state index in [1.54, 1.807) is 0 Å². The van der Waals surface area contributed by atoms with Gasteiger partial charge in [0.1, 0.15) is 17.3 Å². The zero-order valence-electron chi connectivity index (χ0n) is 12.5. The van der Waals surface area contributed by atoms with Gasteiger partial charge in [-0.2, -0.15) is 0 Å². The van der Waals surface area contributed by atoms with Gasteiger partial charge < -0.3 is 8.99 Å². The van der Waals surface area contributed by atoms with E-state index in [9.17, 15) is 0 Å². The van der Waals surface area contributed by atoms with Gasteiger partial charge in [0.15, 0.2) is 0 Å². The lowest BCUT2D eigenvalue weighted by molar-refractivity contribution is 0.582. The van der Waals surface area contributed by atoms with Gasteiger partial charge in [0.2, 0.25) is 9.04 Å². The summed E-state index contributed by atoms with van der Waals surface area (Å²) in [7, 11) is -1.11. The highest BCUT2D eigenvalue weighted by molar-refractivity contribution is 6.49. The van der Waals surface area contributed by atoms with Crippen LogP contribution in [0.25, 0.3) is 0 Å². The molecule has 0 atom stereocenters. The minimum absolute atomic E-state index is 0.722. The molecule has 5 heteroatoms. The van der Waals surface area contributed by atoms with Crippen LogP contribution in [0.15, 0.2) is 35.5 Å². The minimum atomic E-state index is -1.11. The summed E-state index contributed by atoms with van der Waals surface area (Å²) in [6.45, 7) is 9.02. The van der Waals surface area contributed by atoms with E-state index in [0.717, 1.165) is 29.5 Å². The third-order valence-electron chi connectivity index (χ3n) is 2.83. The molecule has 0 saturated carbocycles. The van der Waals surface area contributed by atoms with E-state index in [-0.39, 0.29) is 0 Å². The first-order chi connectivity index (χ1) is 9.56. The molecular weight excluding hydrogens is 266 g/mol. The Kier molecular flexibility index (Phi) is 4.73. The van der Waals surface area contributed by atoms with Crippen molar-refractivity contribution in [2.24, 2.45) is 4.99 Å². The van der Waals surface area contributed by atoms with E-state index >= 15 is 0 Å². The van der Waals surface area contributed by atoms with Gasteiger partial charge in [-0.15, -0.1) is 0 Å². The lowest BCUT2D eigenvalue weighted by Crippen LogP contribution is -2.11. The number of para-hydroxylation sites is 2. The maximum atomic E-state index is 5.88. The number of nitrogens with zero attached hydrogens (tertiary/aromatic N) is 3. The van der Waals surface area contributed by atoms with Crippen molar-refractivity contribution in [1.29, 1.82) is 0 Å². The van der Waals surface area contributed by atoms with E-state index < -0.39 is 9.04 Å². The Morgan fingerprint density at radius 1 is 1.30 bits per heavy atom. The molecule has 1 heterocycles. The van der Waals surface area contributed by atoms with Gasteiger partial charge in [0.05, 0.1) is 12.2 Å². The standard InChI is InChI=1S/C15H21N3OSi/c1-12-11-18(13(2)17-12)10-9-16-14-7-5-6-8-15(14)19-20(3)4/h5-9,11,20H,10H2,1-4H3. The largest absolute Gasteiger partial charge is 0.546 e. The monoisotopic (exact) mass is 287 g/mol. The van der Waals surface area contributed by atoms with Crippen LogP contribution < -0.4 is 4.43 Å². The van der Waals surface area contributed by atoms with E-state index in [0.29, 0.717) is 0 Å². The Morgan fingerprint density at radius 2 is 2.05 bits per heavy atom. The summed E-state index contributed by atoms with van der Waals surface area (Å²) in [4.78, 5) is 8.90. The zero-order valence-corrected chi connectivity index (χ0v) is 13.7. The van der Waals surface area contributed by atoms with Crippen LogP contribution in [0.3, 0.4) is 0 Å². The fraction of sp³-hybridized carbons (Fsp3) is 0.333. The van der Waals surface area contributed by atoms with Crippen LogP contribution in [0.2, 0.25) is 13.1 Å². The summed E-state index contributed by atoms with van der Waals surface area (Å²) in [5.41, 5.74) is 1.92. The van der Waals surface area contributed by atoms with Gasteiger partial charge in [-0.25, -0.2) is 4.98 Å². The molecule has 0 spiro atoms. The molecule has 20 heavy (non-hydrogen) atoms. The molecule has 0 saturated heterocycles. The third-order valence-corrected chi connectivity index (χ3v) is 3.56. The topological polar surface area (TPSA) is 39.4 Å². The molecule has 0 aliphatic carbocycles. The van der Waals surface area contributed by atoms with Crippen LogP contribution >= 0.6 is 0 Å². The van der Waals surface area contributed by atoms with E-state index in [1.807, 2.05) is 50.5 Å². The van der Waals surface area contributed by atoms with E-state index in [1.165, 1.54) is 0 Å². The van der Waals surface area contributed by atoms with E-state index in [2.05, 4.69) is 27.6 Å². The summed E-state index contributed by atoms with van der Waals surface area (Å²) in [5.74, 6) is 1.89. The van der Waals surface area contributed by atoms with Crippen molar-refractivity contribution in [1.82, 2.24) is 9.55 Å². The maximum absolute atomic E-state index is 5.88. The second-order valence-electron chi connectivity index (χ2n) is 5.03. The number of rotatable bonds is 5. The molecule has 0 amide bonds. The second-order valence-corrected chi connectivity index (χ2v) is 7.36. The van der Waals surface area contributed by atoms with Gasteiger partial charge in [0.25, 0.3) is 0 Å². The predicted octanol–water partition coefficient (Wildman–Crippen LogP) is 3.26. The molecule has 0 N–H and O–H groups in total. The second kappa shape index (κ2) is 6.52. The molecule has 1 aromatic heterocycles. The molecule has 0 fully saturated rings. The van der Waals surface area contributed by atoms with Crippen molar-refractivity contribution in [3.8, 4) is 5.75 Å². The molecule has 0 aliphatic heterocycles. The maximum Gasteiger partial charge on any atom is 0.229 e. The van der Waals surface area contributed by atoms with Gasteiger partial charge in [0, 0.05) is 12.4 Å². The molecule has 2 aromatic rings. The predicted molar refractivity (Wildman–Crippen MR) is 85.8 cm³/mol. The number of aromatic nitrogens is 2. The first-order valence-electron chi connectivity index (χ1n) is 6.85. The number of imidazole rings is 1. The molecule has 1 aromatic carbocycles. The quantitative estimate of drug-likeness (QED) is 0.625. The average Bonchev–Trinajstić information content (AvgIpc) is 2.69. The SMILES string of the molecule is Cc1cn(CC=Nc2ccccc2O[SiH](C)C)c(C)n1. The van der Waals surface area contributed by atoms with Crippen LogP contribution in [0.4, 0.5) is 5.69 Å². The summed E-state index contributed by atoms with van der Waals surface area (Å²) < 4.78 is 7.96. The highest BCUT2D eigenvalue weighted by Gasteiger charge is 2.04. The van der Waals surface area contributed by atoms with Gasteiger partial charge in [-0.3, -0.25) is 4.99 Å². The minimum Gasteiger partial charge on any atom is -0.546 e. The first kappa shape index (κ1) is 14.5. The first-order valence-corrected chi connectivity index (χ1v) is 9.63. The van der Waals surface area contributed by atoms with Crippen molar-refractivity contribution >= 4 is 20.9 Å². The summed E-state index contributed by atoms with van der Waals surface area (Å²) >= 11 is 0. The van der Waals surface area contributed by atoms with Crippen LogP contribution in [0.5, 0.6) is 5.75 Å².